The van der Waals surface area contributed by atoms with Crippen molar-refractivity contribution < 1.29 is 4.42 Å². The average molecular weight is 296 g/mol. The van der Waals surface area contributed by atoms with E-state index in [4.69, 9.17) is 4.42 Å². The van der Waals surface area contributed by atoms with E-state index < -0.39 is 0 Å². The fraction of sp³-hybridized carbons (Fsp3) is 0.429. The van der Waals surface area contributed by atoms with Crippen LogP contribution in [0, 0.1) is 0 Å². The zero-order valence-corrected chi connectivity index (χ0v) is 11.9. The largest absolute Gasteiger partial charge is 0.458 e. The zero-order chi connectivity index (χ0) is 12.3. The molecule has 1 aromatic carbocycles. The van der Waals surface area contributed by atoms with Crippen LogP contribution in [-0.2, 0) is 13.0 Å². The predicted molar refractivity (Wildman–Crippen MR) is 75.3 cm³/mol. The molecule has 0 unspecified atom stereocenters. The third kappa shape index (κ3) is 2.55. The van der Waals surface area contributed by atoms with E-state index in [1.54, 1.807) is 0 Å². The molecule has 0 saturated carbocycles. The maximum absolute atomic E-state index is 5.98. The Morgan fingerprint density at radius 1 is 1.29 bits per heavy atom. The molecule has 2 rings (SSSR count). The average Bonchev–Trinajstić information content (AvgIpc) is 2.67. The van der Waals surface area contributed by atoms with Crippen molar-refractivity contribution in [3.8, 4) is 0 Å². The second kappa shape index (κ2) is 5.69. The number of halogens is 1. The smallest absolute Gasteiger partial charge is 0.148 e. The molecule has 92 valence electrons. The van der Waals surface area contributed by atoms with Crippen molar-refractivity contribution in [2.75, 3.05) is 6.54 Å². The normalized spacial score (nSPS) is 11.2. The van der Waals surface area contributed by atoms with Gasteiger partial charge in [0.2, 0.25) is 0 Å². The molecule has 0 aliphatic carbocycles. The van der Waals surface area contributed by atoms with Crippen LogP contribution in [0.1, 0.15) is 31.6 Å². The number of rotatable bonds is 5. The van der Waals surface area contributed by atoms with Crippen molar-refractivity contribution in [1.29, 1.82) is 0 Å². The van der Waals surface area contributed by atoms with Gasteiger partial charge >= 0.3 is 0 Å². The van der Waals surface area contributed by atoms with Crippen LogP contribution in [0.15, 0.2) is 27.1 Å². The summed E-state index contributed by atoms with van der Waals surface area (Å²) in [5, 5.41) is 4.58. The van der Waals surface area contributed by atoms with Crippen molar-refractivity contribution in [1.82, 2.24) is 5.32 Å². The topological polar surface area (TPSA) is 25.2 Å². The van der Waals surface area contributed by atoms with E-state index in [0.717, 1.165) is 41.7 Å². The molecular weight excluding hydrogens is 278 g/mol. The van der Waals surface area contributed by atoms with E-state index in [2.05, 4.69) is 47.2 Å². The first-order chi connectivity index (χ1) is 8.27. The fourth-order valence-corrected chi connectivity index (χ4v) is 2.54. The standard InChI is InChI=1S/C14H18BrNO/c1-3-6-10-11-7-5-8-12(15)14(11)17-13(10)9-16-4-2/h5,7-8,16H,3-4,6,9H2,1-2H3. The highest BCUT2D eigenvalue weighted by Crippen LogP contribution is 2.32. The number of benzene rings is 1. The minimum absolute atomic E-state index is 0.812. The van der Waals surface area contributed by atoms with E-state index in [9.17, 15) is 0 Å². The minimum Gasteiger partial charge on any atom is -0.458 e. The van der Waals surface area contributed by atoms with E-state index in [-0.39, 0.29) is 0 Å². The Morgan fingerprint density at radius 2 is 2.12 bits per heavy atom. The summed E-state index contributed by atoms with van der Waals surface area (Å²) in [5.74, 6) is 1.08. The van der Waals surface area contributed by atoms with Gasteiger partial charge in [0.05, 0.1) is 11.0 Å². The van der Waals surface area contributed by atoms with E-state index in [1.165, 1.54) is 10.9 Å². The summed E-state index contributed by atoms with van der Waals surface area (Å²) in [6.07, 6.45) is 2.21. The van der Waals surface area contributed by atoms with Gasteiger partial charge in [-0.15, -0.1) is 0 Å². The number of para-hydroxylation sites is 1. The predicted octanol–water partition coefficient (Wildman–Crippen LogP) is 4.26. The highest BCUT2D eigenvalue weighted by Gasteiger charge is 2.14. The molecular formula is C14H18BrNO. The molecule has 17 heavy (non-hydrogen) atoms. The van der Waals surface area contributed by atoms with Crippen LogP contribution in [0.5, 0.6) is 0 Å². The van der Waals surface area contributed by atoms with Crippen LogP contribution in [0.2, 0.25) is 0 Å². The Hall–Kier alpha value is -0.800. The Labute approximate surface area is 111 Å². The monoisotopic (exact) mass is 295 g/mol. The number of furan rings is 1. The third-order valence-corrected chi connectivity index (χ3v) is 3.51. The van der Waals surface area contributed by atoms with Gasteiger partial charge in [-0.25, -0.2) is 0 Å². The van der Waals surface area contributed by atoms with Crippen molar-refractivity contribution in [3.05, 3.63) is 34.0 Å². The summed E-state index contributed by atoms with van der Waals surface area (Å²) in [6.45, 7) is 6.09. The number of nitrogens with one attached hydrogen (secondary N) is 1. The molecule has 0 aliphatic rings. The quantitative estimate of drug-likeness (QED) is 0.892. The van der Waals surface area contributed by atoms with Gasteiger partial charge in [-0.3, -0.25) is 0 Å². The molecule has 0 aliphatic heterocycles. The molecule has 1 heterocycles. The van der Waals surface area contributed by atoms with Crippen molar-refractivity contribution in [2.45, 2.75) is 33.2 Å². The molecule has 0 radical (unpaired) electrons. The molecule has 1 N–H and O–H groups in total. The lowest BCUT2D eigenvalue weighted by Gasteiger charge is -2.01. The van der Waals surface area contributed by atoms with Crippen LogP contribution in [0.3, 0.4) is 0 Å². The molecule has 0 atom stereocenters. The summed E-state index contributed by atoms with van der Waals surface area (Å²) < 4.78 is 7.01. The van der Waals surface area contributed by atoms with E-state index in [1.807, 2.05) is 6.07 Å². The van der Waals surface area contributed by atoms with Crippen LogP contribution in [0.4, 0.5) is 0 Å². The van der Waals surface area contributed by atoms with Gasteiger partial charge in [0, 0.05) is 10.9 Å². The van der Waals surface area contributed by atoms with Crippen molar-refractivity contribution in [2.24, 2.45) is 0 Å². The summed E-state index contributed by atoms with van der Waals surface area (Å²) in [4.78, 5) is 0. The first-order valence-electron chi connectivity index (χ1n) is 6.17. The number of hydrogen-bond donors (Lipinski definition) is 1. The van der Waals surface area contributed by atoms with E-state index >= 15 is 0 Å². The lowest BCUT2D eigenvalue weighted by Crippen LogP contribution is -2.12. The van der Waals surface area contributed by atoms with Crippen LogP contribution in [0.25, 0.3) is 11.0 Å². The third-order valence-electron chi connectivity index (χ3n) is 2.89. The Balaban J connectivity index is 2.49. The van der Waals surface area contributed by atoms with Crippen molar-refractivity contribution in [3.63, 3.8) is 0 Å². The highest BCUT2D eigenvalue weighted by molar-refractivity contribution is 9.10. The number of aryl methyl sites for hydroxylation is 1. The SMILES string of the molecule is CCCc1c(CNCC)oc2c(Br)cccc12. The Kier molecular flexibility index (Phi) is 4.24. The van der Waals surface area contributed by atoms with Gasteiger partial charge in [-0.1, -0.05) is 32.4 Å². The molecule has 0 bridgehead atoms. The zero-order valence-electron chi connectivity index (χ0n) is 10.3. The molecule has 1 aromatic heterocycles. The van der Waals surface area contributed by atoms with E-state index in [0.29, 0.717) is 0 Å². The summed E-state index contributed by atoms with van der Waals surface area (Å²) >= 11 is 3.55. The van der Waals surface area contributed by atoms with Crippen LogP contribution < -0.4 is 5.32 Å². The van der Waals surface area contributed by atoms with Crippen LogP contribution in [-0.4, -0.2) is 6.54 Å². The number of fused-ring (bicyclic) bond motifs is 1. The first kappa shape index (κ1) is 12.7. The lowest BCUT2D eigenvalue weighted by atomic mass is 10.1. The Morgan fingerprint density at radius 3 is 2.82 bits per heavy atom. The molecule has 0 saturated heterocycles. The van der Waals surface area contributed by atoms with Gasteiger partial charge in [-0.05, 0) is 35.0 Å². The van der Waals surface area contributed by atoms with Crippen LogP contribution >= 0.6 is 15.9 Å². The van der Waals surface area contributed by atoms with Gasteiger partial charge in [-0.2, -0.15) is 0 Å². The number of hydrogen-bond acceptors (Lipinski definition) is 2. The van der Waals surface area contributed by atoms with Crippen molar-refractivity contribution >= 4 is 26.9 Å². The molecule has 0 spiro atoms. The molecule has 2 nitrogen and oxygen atoms in total. The minimum atomic E-state index is 0.812. The summed E-state index contributed by atoms with van der Waals surface area (Å²) in [7, 11) is 0. The maximum Gasteiger partial charge on any atom is 0.148 e. The maximum atomic E-state index is 5.98. The molecule has 3 heteroatoms. The second-order valence-electron chi connectivity index (χ2n) is 4.15. The van der Waals surface area contributed by atoms with Gasteiger partial charge in [0.25, 0.3) is 0 Å². The molecule has 0 fully saturated rings. The second-order valence-corrected chi connectivity index (χ2v) is 5.00. The fourth-order valence-electron chi connectivity index (χ4n) is 2.09. The molecule has 2 aromatic rings. The summed E-state index contributed by atoms with van der Waals surface area (Å²) in [6, 6.07) is 6.24. The lowest BCUT2D eigenvalue weighted by molar-refractivity contribution is 0.512. The first-order valence-corrected chi connectivity index (χ1v) is 6.96. The Bertz CT molecular complexity index is 504. The van der Waals surface area contributed by atoms with Gasteiger partial charge < -0.3 is 9.73 Å². The summed E-state index contributed by atoms with van der Waals surface area (Å²) in [5.41, 5.74) is 2.33. The molecule has 0 amide bonds. The highest BCUT2D eigenvalue weighted by atomic mass is 79.9. The van der Waals surface area contributed by atoms with Gasteiger partial charge in [0.15, 0.2) is 0 Å². The van der Waals surface area contributed by atoms with Gasteiger partial charge in [0.1, 0.15) is 11.3 Å².